The van der Waals surface area contributed by atoms with Gasteiger partial charge in [0.25, 0.3) is 0 Å². The molecule has 0 aromatic heterocycles. The highest BCUT2D eigenvalue weighted by atomic mass is 16.1. The standard InChI is InChI=1S/C13H20N2O/c1-4-10(5-2)13(16)15-12-7-6-11(14)8-9(12)3/h6-8,10H,4-5,14H2,1-3H3,(H,15,16). The molecule has 1 amide bonds. The SMILES string of the molecule is CCC(CC)C(=O)Nc1ccc(N)cc1C. The fourth-order valence-corrected chi connectivity index (χ4v) is 1.72. The van der Waals surface area contributed by atoms with Crippen molar-refractivity contribution in [2.24, 2.45) is 5.92 Å². The van der Waals surface area contributed by atoms with E-state index in [2.05, 4.69) is 5.32 Å². The first-order valence-corrected chi connectivity index (χ1v) is 5.75. The third-order valence-electron chi connectivity index (χ3n) is 2.86. The monoisotopic (exact) mass is 220 g/mol. The summed E-state index contributed by atoms with van der Waals surface area (Å²) in [5.74, 6) is 0.190. The van der Waals surface area contributed by atoms with E-state index < -0.39 is 0 Å². The van der Waals surface area contributed by atoms with Gasteiger partial charge in [-0.3, -0.25) is 4.79 Å². The van der Waals surface area contributed by atoms with Crippen LogP contribution in [-0.2, 0) is 4.79 Å². The maximum Gasteiger partial charge on any atom is 0.227 e. The molecule has 0 saturated carbocycles. The Labute approximate surface area is 97.0 Å². The topological polar surface area (TPSA) is 55.1 Å². The molecule has 1 rings (SSSR count). The zero-order valence-electron chi connectivity index (χ0n) is 10.2. The van der Waals surface area contributed by atoms with Crippen molar-refractivity contribution in [1.82, 2.24) is 0 Å². The molecule has 0 heterocycles. The Morgan fingerprint density at radius 3 is 2.50 bits per heavy atom. The van der Waals surface area contributed by atoms with E-state index in [0.29, 0.717) is 0 Å². The van der Waals surface area contributed by atoms with Crippen LogP contribution in [-0.4, -0.2) is 5.91 Å². The Balaban J connectivity index is 2.76. The van der Waals surface area contributed by atoms with E-state index in [-0.39, 0.29) is 11.8 Å². The minimum absolute atomic E-state index is 0.0944. The predicted molar refractivity (Wildman–Crippen MR) is 68.3 cm³/mol. The molecule has 88 valence electrons. The Bertz CT molecular complexity index is 370. The minimum atomic E-state index is 0.0944. The van der Waals surface area contributed by atoms with Gasteiger partial charge < -0.3 is 11.1 Å². The zero-order chi connectivity index (χ0) is 12.1. The van der Waals surface area contributed by atoms with Crippen LogP contribution in [0.3, 0.4) is 0 Å². The van der Waals surface area contributed by atoms with Gasteiger partial charge in [-0.1, -0.05) is 13.8 Å². The van der Waals surface area contributed by atoms with E-state index in [4.69, 9.17) is 5.73 Å². The molecule has 3 heteroatoms. The summed E-state index contributed by atoms with van der Waals surface area (Å²) >= 11 is 0. The van der Waals surface area contributed by atoms with Gasteiger partial charge in [-0.2, -0.15) is 0 Å². The number of carbonyl (C=O) groups is 1. The summed E-state index contributed by atoms with van der Waals surface area (Å²) in [6.07, 6.45) is 1.74. The highest BCUT2D eigenvalue weighted by molar-refractivity contribution is 5.93. The van der Waals surface area contributed by atoms with Crippen LogP contribution in [0.2, 0.25) is 0 Å². The zero-order valence-corrected chi connectivity index (χ0v) is 10.2. The van der Waals surface area contributed by atoms with Crippen molar-refractivity contribution in [3.05, 3.63) is 23.8 Å². The summed E-state index contributed by atoms with van der Waals surface area (Å²) in [5.41, 5.74) is 8.23. The molecule has 0 aliphatic rings. The fraction of sp³-hybridized carbons (Fsp3) is 0.462. The van der Waals surface area contributed by atoms with Gasteiger partial charge in [0, 0.05) is 17.3 Å². The van der Waals surface area contributed by atoms with E-state index in [0.717, 1.165) is 29.8 Å². The fourth-order valence-electron chi connectivity index (χ4n) is 1.72. The Morgan fingerprint density at radius 2 is 2.00 bits per heavy atom. The average molecular weight is 220 g/mol. The Hall–Kier alpha value is -1.51. The summed E-state index contributed by atoms with van der Waals surface area (Å²) in [6.45, 7) is 6.01. The second-order valence-electron chi connectivity index (χ2n) is 4.08. The third-order valence-corrected chi connectivity index (χ3v) is 2.86. The Kier molecular flexibility index (Phi) is 4.35. The molecule has 1 aromatic rings. The summed E-state index contributed by atoms with van der Waals surface area (Å²) in [7, 11) is 0. The number of benzene rings is 1. The van der Waals surface area contributed by atoms with Gasteiger partial charge in [0.15, 0.2) is 0 Å². The van der Waals surface area contributed by atoms with E-state index in [9.17, 15) is 4.79 Å². The molecule has 1 aromatic carbocycles. The van der Waals surface area contributed by atoms with Crippen molar-refractivity contribution in [3.8, 4) is 0 Å². The number of hydrogen-bond acceptors (Lipinski definition) is 2. The maximum absolute atomic E-state index is 11.9. The number of rotatable bonds is 4. The lowest BCUT2D eigenvalue weighted by atomic mass is 10.0. The molecule has 3 N–H and O–H groups in total. The molecule has 0 radical (unpaired) electrons. The molecular formula is C13H20N2O. The molecule has 0 spiro atoms. The maximum atomic E-state index is 11.9. The van der Waals surface area contributed by atoms with Gasteiger partial charge in [0.05, 0.1) is 0 Å². The molecule has 0 aliphatic heterocycles. The summed E-state index contributed by atoms with van der Waals surface area (Å²) in [4.78, 5) is 11.9. The predicted octanol–water partition coefficient (Wildman–Crippen LogP) is 2.95. The van der Waals surface area contributed by atoms with Gasteiger partial charge in [0.2, 0.25) is 5.91 Å². The second kappa shape index (κ2) is 5.54. The van der Waals surface area contributed by atoms with Crippen molar-refractivity contribution in [2.75, 3.05) is 11.1 Å². The summed E-state index contributed by atoms with van der Waals surface area (Å²) < 4.78 is 0. The van der Waals surface area contributed by atoms with Crippen LogP contribution in [0.4, 0.5) is 11.4 Å². The number of hydrogen-bond donors (Lipinski definition) is 2. The molecule has 0 fully saturated rings. The van der Waals surface area contributed by atoms with E-state index >= 15 is 0 Å². The molecule has 0 unspecified atom stereocenters. The number of anilines is 2. The molecule has 16 heavy (non-hydrogen) atoms. The van der Waals surface area contributed by atoms with Crippen molar-refractivity contribution < 1.29 is 4.79 Å². The number of aryl methyl sites for hydroxylation is 1. The number of amides is 1. The lowest BCUT2D eigenvalue weighted by Gasteiger charge is -2.14. The molecule has 0 saturated heterocycles. The quantitative estimate of drug-likeness (QED) is 0.766. The first-order valence-electron chi connectivity index (χ1n) is 5.75. The van der Waals surface area contributed by atoms with Crippen molar-refractivity contribution >= 4 is 17.3 Å². The molecular weight excluding hydrogens is 200 g/mol. The van der Waals surface area contributed by atoms with Crippen LogP contribution in [0.5, 0.6) is 0 Å². The number of nitrogens with one attached hydrogen (secondary N) is 1. The first kappa shape index (κ1) is 12.6. The van der Waals surface area contributed by atoms with Crippen LogP contribution in [0.25, 0.3) is 0 Å². The van der Waals surface area contributed by atoms with Gasteiger partial charge in [0.1, 0.15) is 0 Å². The first-order chi connectivity index (χ1) is 7.58. The van der Waals surface area contributed by atoms with Crippen LogP contribution in [0.15, 0.2) is 18.2 Å². The van der Waals surface area contributed by atoms with Crippen LogP contribution >= 0.6 is 0 Å². The Morgan fingerprint density at radius 1 is 1.38 bits per heavy atom. The highest BCUT2D eigenvalue weighted by Crippen LogP contribution is 2.19. The van der Waals surface area contributed by atoms with Crippen molar-refractivity contribution in [1.29, 1.82) is 0 Å². The van der Waals surface area contributed by atoms with Crippen molar-refractivity contribution in [2.45, 2.75) is 33.6 Å². The van der Waals surface area contributed by atoms with Crippen LogP contribution in [0, 0.1) is 12.8 Å². The number of carbonyl (C=O) groups excluding carboxylic acids is 1. The second-order valence-corrected chi connectivity index (χ2v) is 4.08. The largest absolute Gasteiger partial charge is 0.399 e. The van der Waals surface area contributed by atoms with Crippen molar-refractivity contribution in [3.63, 3.8) is 0 Å². The van der Waals surface area contributed by atoms with Gasteiger partial charge >= 0.3 is 0 Å². The summed E-state index contributed by atoms with van der Waals surface area (Å²) in [6, 6.07) is 5.52. The van der Waals surface area contributed by atoms with Gasteiger partial charge in [-0.05, 0) is 43.5 Å². The van der Waals surface area contributed by atoms with E-state index in [1.165, 1.54) is 0 Å². The molecule has 0 aliphatic carbocycles. The van der Waals surface area contributed by atoms with Gasteiger partial charge in [-0.15, -0.1) is 0 Å². The number of nitrogen functional groups attached to an aromatic ring is 1. The lowest BCUT2D eigenvalue weighted by Crippen LogP contribution is -2.22. The van der Waals surface area contributed by atoms with Crippen LogP contribution < -0.4 is 11.1 Å². The average Bonchev–Trinajstić information content (AvgIpc) is 2.24. The smallest absolute Gasteiger partial charge is 0.227 e. The van der Waals surface area contributed by atoms with Gasteiger partial charge in [-0.25, -0.2) is 0 Å². The van der Waals surface area contributed by atoms with E-state index in [1.54, 1.807) is 6.07 Å². The molecule has 3 nitrogen and oxygen atoms in total. The highest BCUT2D eigenvalue weighted by Gasteiger charge is 2.14. The number of nitrogens with two attached hydrogens (primary N) is 1. The van der Waals surface area contributed by atoms with E-state index in [1.807, 2.05) is 32.9 Å². The third kappa shape index (κ3) is 2.99. The normalized spacial score (nSPS) is 10.5. The minimum Gasteiger partial charge on any atom is -0.399 e. The van der Waals surface area contributed by atoms with Crippen LogP contribution in [0.1, 0.15) is 32.3 Å². The summed E-state index contributed by atoms with van der Waals surface area (Å²) in [5, 5.41) is 2.94. The molecule has 0 atom stereocenters. The molecule has 0 bridgehead atoms. The lowest BCUT2D eigenvalue weighted by molar-refractivity contribution is -0.120.